The van der Waals surface area contributed by atoms with Gasteiger partial charge in [-0.25, -0.2) is 0 Å². The Bertz CT molecular complexity index is 68.0. The summed E-state index contributed by atoms with van der Waals surface area (Å²) in [5.74, 6) is 0.307. The third kappa shape index (κ3) is 18.3. The Balaban J connectivity index is 0. The van der Waals surface area contributed by atoms with Crippen LogP contribution in [0.5, 0.6) is 0 Å². The lowest BCUT2D eigenvalue weighted by atomic mass is 10.2. The Morgan fingerprint density at radius 2 is 2.11 bits per heavy atom. The predicted molar refractivity (Wildman–Crippen MR) is 39.5 cm³/mol. The van der Waals surface area contributed by atoms with Gasteiger partial charge in [0.05, 0.1) is 17.7 Å². The van der Waals surface area contributed by atoms with Crippen LogP contribution in [-0.2, 0) is 0 Å². The molecular formula is C5H13ClN2O. The summed E-state index contributed by atoms with van der Waals surface area (Å²) in [6, 6.07) is 0. The Morgan fingerprint density at radius 3 is 2.22 bits per heavy atom. The third-order valence-electron chi connectivity index (χ3n) is 0.800. The molecular weight excluding hydrogens is 140 g/mol. The largest absolute Gasteiger partial charge is 0.388 e. The van der Waals surface area contributed by atoms with E-state index in [2.05, 4.69) is 18.8 Å². The van der Waals surface area contributed by atoms with Crippen molar-refractivity contribution in [2.75, 3.05) is 0 Å². The molecule has 3 nitrogen and oxygen atoms in total. The molecule has 0 radical (unpaired) electrons. The Kier molecular flexibility index (Phi) is 13.6. The van der Waals surface area contributed by atoms with E-state index in [1.807, 2.05) is 0 Å². The van der Waals surface area contributed by atoms with Crippen LogP contribution in [0.3, 0.4) is 0 Å². The highest BCUT2D eigenvalue weighted by Crippen LogP contribution is 1.90. The van der Waals surface area contributed by atoms with Gasteiger partial charge in [0.25, 0.3) is 0 Å². The van der Waals surface area contributed by atoms with Gasteiger partial charge in [0.1, 0.15) is 0 Å². The maximum Gasteiger partial charge on any atom is 0.0905 e. The van der Waals surface area contributed by atoms with E-state index in [4.69, 9.17) is 15.8 Å². The van der Waals surface area contributed by atoms with Gasteiger partial charge >= 0.3 is 0 Å². The van der Waals surface area contributed by atoms with E-state index in [0.29, 0.717) is 5.84 Å². The van der Waals surface area contributed by atoms with Crippen LogP contribution in [0.25, 0.3) is 0 Å². The average Bonchev–Trinajstić information content (AvgIpc) is 1.88. The summed E-state index contributed by atoms with van der Waals surface area (Å²) in [5, 5.41) is 6.78. The molecule has 0 saturated heterocycles. The van der Waals surface area contributed by atoms with Crippen LogP contribution in [-0.4, -0.2) is 10.5 Å². The minimum Gasteiger partial charge on any atom is -0.388 e. The minimum absolute atomic E-state index is 0.307. The summed E-state index contributed by atoms with van der Waals surface area (Å²) in [5.41, 5.74) is 5.06. The van der Waals surface area contributed by atoms with Gasteiger partial charge in [-0.15, -0.1) is 0 Å². The van der Waals surface area contributed by atoms with Crippen LogP contribution in [0.1, 0.15) is 26.2 Å². The highest BCUT2D eigenvalue weighted by Gasteiger charge is 1.83. The van der Waals surface area contributed by atoms with Crippen molar-refractivity contribution in [3.8, 4) is 0 Å². The first-order valence-corrected chi connectivity index (χ1v) is 3.11. The van der Waals surface area contributed by atoms with Gasteiger partial charge in [-0.1, -0.05) is 13.3 Å². The predicted octanol–water partition coefficient (Wildman–Crippen LogP) is 1.25. The highest BCUT2D eigenvalue weighted by molar-refractivity contribution is 6.04. The molecule has 9 heavy (non-hydrogen) atoms. The summed E-state index contributed by atoms with van der Waals surface area (Å²) in [6.07, 6.45) is 2.94. The molecule has 0 saturated carbocycles. The molecule has 4 N–H and O–H groups in total. The second-order valence-electron chi connectivity index (χ2n) is 1.63. The first-order valence-electron chi connectivity index (χ1n) is 2.77. The van der Waals surface area contributed by atoms with Crippen LogP contribution < -0.4 is 5.73 Å². The molecule has 0 heterocycles. The molecule has 0 amide bonds. The Labute approximate surface area is 60.5 Å². The second-order valence-corrected chi connectivity index (χ2v) is 1.63. The SMILES string of the molecule is CCCCC(=N)N.OCl. The molecule has 0 aliphatic heterocycles. The molecule has 0 unspecified atom stereocenters. The molecule has 0 fully saturated rings. The van der Waals surface area contributed by atoms with Crippen molar-refractivity contribution in [3.05, 3.63) is 0 Å². The maximum absolute atomic E-state index is 6.78. The number of halogens is 1. The molecule has 0 spiro atoms. The summed E-state index contributed by atoms with van der Waals surface area (Å²) in [4.78, 5) is 0. The van der Waals surface area contributed by atoms with Gasteiger partial charge in [0, 0.05) is 6.42 Å². The lowest BCUT2D eigenvalue weighted by Gasteiger charge is -1.90. The quantitative estimate of drug-likeness (QED) is 0.421. The van der Waals surface area contributed by atoms with E-state index in [0.717, 1.165) is 19.3 Å². The van der Waals surface area contributed by atoms with Crippen LogP contribution in [0.15, 0.2) is 0 Å². The van der Waals surface area contributed by atoms with Crippen molar-refractivity contribution in [3.63, 3.8) is 0 Å². The normalized spacial score (nSPS) is 7.44. The summed E-state index contributed by atoms with van der Waals surface area (Å²) in [7, 11) is 0. The number of hydrogen-bond acceptors (Lipinski definition) is 2. The smallest absolute Gasteiger partial charge is 0.0905 e. The summed E-state index contributed by atoms with van der Waals surface area (Å²) >= 11 is 3.64. The lowest BCUT2D eigenvalue weighted by molar-refractivity contribution is 0.632. The fourth-order valence-electron chi connectivity index (χ4n) is 0.367. The first kappa shape index (κ1) is 11.5. The topological polar surface area (TPSA) is 70.1 Å². The molecule has 0 atom stereocenters. The van der Waals surface area contributed by atoms with E-state index < -0.39 is 0 Å². The van der Waals surface area contributed by atoms with Crippen LogP contribution in [0.4, 0.5) is 0 Å². The van der Waals surface area contributed by atoms with Gasteiger partial charge in [0.2, 0.25) is 0 Å². The molecule has 0 rings (SSSR count). The monoisotopic (exact) mass is 152 g/mol. The van der Waals surface area contributed by atoms with Crippen molar-refractivity contribution in [2.45, 2.75) is 26.2 Å². The molecule has 4 heteroatoms. The van der Waals surface area contributed by atoms with Crippen molar-refractivity contribution in [1.29, 1.82) is 5.41 Å². The van der Waals surface area contributed by atoms with E-state index in [9.17, 15) is 0 Å². The first-order chi connectivity index (χ1) is 4.27. The van der Waals surface area contributed by atoms with Crippen LogP contribution in [0, 0.1) is 5.41 Å². The number of unbranched alkanes of at least 4 members (excludes halogenated alkanes) is 1. The molecule has 0 aliphatic rings. The van der Waals surface area contributed by atoms with E-state index in [-0.39, 0.29) is 0 Å². The van der Waals surface area contributed by atoms with Crippen LogP contribution >= 0.6 is 11.9 Å². The fraction of sp³-hybridized carbons (Fsp3) is 0.800. The van der Waals surface area contributed by atoms with Gasteiger partial charge in [0.15, 0.2) is 0 Å². The second kappa shape index (κ2) is 10.7. The zero-order valence-electron chi connectivity index (χ0n) is 5.52. The molecule has 0 bridgehead atoms. The Morgan fingerprint density at radius 1 is 1.67 bits per heavy atom. The zero-order valence-corrected chi connectivity index (χ0v) is 6.28. The van der Waals surface area contributed by atoms with Crippen molar-refractivity contribution in [2.24, 2.45) is 5.73 Å². The van der Waals surface area contributed by atoms with Gasteiger partial charge < -0.3 is 5.73 Å². The molecule has 0 aromatic heterocycles. The number of nitrogens with one attached hydrogen (secondary N) is 1. The molecule has 0 aliphatic carbocycles. The lowest BCUT2D eigenvalue weighted by Crippen LogP contribution is -2.07. The standard InChI is InChI=1S/C5H12N2.ClHO/c1-2-3-4-5(6)7;1-2/h2-4H2,1H3,(H3,6,7);2H. The Hall–Kier alpha value is -0.280. The number of amidine groups is 1. The van der Waals surface area contributed by atoms with Crippen molar-refractivity contribution >= 4 is 17.7 Å². The van der Waals surface area contributed by atoms with Crippen molar-refractivity contribution < 1.29 is 4.66 Å². The van der Waals surface area contributed by atoms with E-state index in [1.165, 1.54) is 0 Å². The van der Waals surface area contributed by atoms with Gasteiger partial charge in [-0.2, -0.15) is 0 Å². The molecule has 0 aromatic carbocycles. The van der Waals surface area contributed by atoms with E-state index in [1.54, 1.807) is 0 Å². The molecule has 56 valence electrons. The number of rotatable bonds is 3. The van der Waals surface area contributed by atoms with Crippen molar-refractivity contribution in [1.82, 2.24) is 0 Å². The zero-order chi connectivity index (χ0) is 7.70. The highest BCUT2D eigenvalue weighted by atomic mass is 35.5. The van der Waals surface area contributed by atoms with Gasteiger partial charge in [-0.05, 0) is 6.42 Å². The minimum atomic E-state index is 0.307. The van der Waals surface area contributed by atoms with Crippen LogP contribution in [0.2, 0.25) is 0 Å². The third-order valence-corrected chi connectivity index (χ3v) is 0.800. The summed E-state index contributed by atoms with van der Waals surface area (Å²) in [6.45, 7) is 2.09. The number of hydrogen-bond donors (Lipinski definition) is 3. The summed E-state index contributed by atoms with van der Waals surface area (Å²) < 4.78 is 6.47. The number of nitrogens with two attached hydrogens (primary N) is 1. The average molecular weight is 153 g/mol. The fourth-order valence-corrected chi connectivity index (χ4v) is 0.367. The maximum atomic E-state index is 6.78. The van der Waals surface area contributed by atoms with Gasteiger partial charge in [-0.3, -0.25) is 10.1 Å². The van der Waals surface area contributed by atoms with E-state index >= 15 is 0 Å². The molecule has 0 aromatic rings.